The zero-order chi connectivity index (χ0) is 21.8. The van der Waals surface area contributed by atoms with E-state index in [1.807, 2.05) is 0 Å². The third kappa shape index (κ3) is 3.26. The van der Waals surface area contributed by atoms with Gasteiger partial charge in [0.05, 0.1) is 27.7 Å². The maximum atomic E-state index is 13.2. The molecule has 30 heavy (non-hydrogen) atoms. The molecule has 0 saturated heterocycles. The SMILES string of the molecule is O=C(O)c1ccc(-n2c3ccc(C(F)(F)F)cc3c3cc(C(F)(F)F)ccc32)cc1. The van der Waals surface area contributed by atoms with E-state index < -0.39 is 29.4 Å². The lowest BCUT2D eigenvalue weighted by Crippen LogP contribution is -2.04. The quantitative estimate of drug-likeness (QED) is 0.373. The van der Waals surface area contributed by atoms with Gasteiger partial charge in [-0.25, -0.2) is 4.79 Å². The van der Waals surface area contributed by atoms with E-state index in [-0.39, 0.29) is 27.4 Å². The van der Waals surface area contributed by atoms with E-state index in [0.717, 1.165) is 24.3 Å². The molecule has 1 N–H and O–H groups in total. The molecule has 154 valence electrons. The fourth-order valence-electron chi connectivity index (χ4n) is 3.41. The summed E-state index contributed by atoms with van der Waals surface area (Å²) in [6.45, 7) is 0. The van der Waals surface area contributed by atoms with E-state index in [1.54, 1.807) is 0 Å². The van der Waals surface area contributed by atoms with Crippen LogP contribution in [-0.4, -0.2) is 15.6 Å². The first kappa shape index (κ1) is 19.8. The van der Waals surface area contributed by atoms with Crippen molar-refractivity contribution in [1.29, 1.82) is 0 Å². The predicted octanol–water partition coefficient (Wildman–Crippen LogP) is 6.52. The second kappa shape index (κ2) is 6.51. The highest BCUT2D eigenvalue weighted by Crippen LogP contribution is 2.39. The van der Waals surface area contributed by atoms with Crippen molar-refractivity contribution in [3.8, 4) is 5.69 Å². The standard InChI is InChI=1S/C21H11F6NO2/c22-20(23,24)12-3-7-17-15(9-12)16-10-13(21(25,26)27)4-8-18(16)28(17)14-5-1-11(2-6-14)19(29)30/h1-10H,(H,29,30). The Labute approximate surface area is 164 Å². The van der Waals surface area contributed by atoms with E-state index in [4.69, 9.17) is 5.11 Å². The average Bonchev–Trinajstić information content (AvgIpc) is 2.99. The van der Waals surface area contributed by atoms with Gasteiger partial charge in [0.15, 0.2) is 0 Å². The highest BCUT2D eigenvalue weighted by molar-refractivity contribution is 6.09. The molecule has 0 aliphatic heterocycles. The van der Waals surface area contributed by atoms with Gasteiger partial charge in [-0.15, -0.1) is 0 Å². The Morgan fingerprint density at radius 1 is 0.700 bits per heavy atom. The number of carboxylic acids is 1. The molecule has 3 nitrogen and oxygen atoms in total. The van der Waals surface area contributed by atoms with E-state index >= 15 is 0 Å². The Hall–Kier alpha value is -3.49. The summed E-state index contributed by atoms with van der Waals surface area (Å²) in [5.41, 5.74) is -1.03. The number of aromatic carboxylic acids is 1. The summed E-state index contributed by atoms with van der Waals surface area (Å²) in [5, 5.41) is 9.06. The minimum atomic E-state index is -4.66. The van der Waals surface area contributed by atoms with Crippen LogP contribution in [0.25, 0.3) is 27.5 Å². The number of alkyl halides is 6. The molecular formula is C21H11F6NO2. The van der Waals surface area contributed by atoms with Crippen molar-refractivity contribution in [3.05, 3.63) is 77.4 Å². The van der Waals surface area contributed by atoms with Crippen molar-refractivity contribution in [3.63, 3.8) is 0 Å². The molecule has 0 unspecified atom stereocenters. The van der Waals surface area contributed by atoms with Crippen LogP contribution in [0.2, 0.25) is 0 Å². The Morgan fingerprint density at radius 3 is 1.50 bits per heavy atom. The molecule has 1 aromatic heterocycles. The predicted molar refractivity (Wildman–Crippen MR) is 97.7 cm³/mol. The van der Waals surface area contributed by atoms with Crippen LogP contribution < -0.4 is 0 Å². The maximum Gasteiger partial charge on any atom is 0.416 e. The number of hydrogen-bond acceptors (Lipinski definition) is 1. The first-order chi connectivity index (χ1) is 14.0. The average molecular weight is 423 g/mol. The number of benzene rings is 3. The summed E-state index contributed by atoms with van der Waals surface area (Å²) >= 11 is 0. The Kier molecular flexibility index (Phi) is 4.30. The van der Waals surface area contributed by atoms with Crippen LogP contribution in [-0.2, 0) is 12.4 Å². The summed E-state index contributed by atoms with van der Waals surface area (Å²) in [4.78, 5) is 11.1. The van der Waals surface area contributed by atoms with Gasteiger partial charge in [-0.05, 0) is 60.7 Å². The fourth-order valence-corrected chi connectivity index (χ4v) is 3.41. The van der Waals surface area contributed by atoms with E-state index in [9.17, 15) is 31.1 Å². The molecule has 9 heteroatoms. The van der Waals surface area contributed by atoms with Crippen LogP contribution in [0.3, 0.4) is 0 Å². The third-order valence-electron chi connectivity index (χ3n) is 4.79. The lowest BCUT2D eigenvalue weighted by atomic mass is 10.1. The summed E-state index contributed by atoms with van der Waals surface area (Å²) in [6, 6.07) is 11.2. The van der Waals surface area contributed by atoms with Crippen molar-refractivity contribution < 1.29 is 36.2 Å². The lowest BCUT2D eigenvalue weighted by Gasteiger charge is -2.10. The highest BCUT2D eigenvalue weighted by atomic mass is 19.4. The minimum absolute atomic E-state index is 0.00164. The second-order valence-corrected chi connectivity index (χ2v) is 6.65. The number of rotatable bonds is 2. The number of fused-ring (bicyclic) bond motifs is 3. The van der Waals surface area contributed by atoms with Crippen molar-refractivity contribution >= 4 is 27.8 Å². The van der Waals surface area contributed by atoms with Crippen LogP contribution in [0.5, 0.6) is 0 Å². The fraction of sp³-hybridized carbons (Fsp3) is 0.0952. The van der Waals surface area contributed by atoms with Crippen molar-refractivity contribution in [2.75, 3.05) is 0 Å². The van der Waals surface area contributed by atoms with Crippen molar-refractivity contribution in [2.24, 2.45) is 0 Å². The van der Waals surface area contributed by atoms with Gasteiger partial charge >= 0.3 is 18.3 Å². The first-order valence-corrected chi connectivity index (χ1v) is 8.53. The Morgan fingerprint density at radius 2 is 1.13 bits per heavy atom. The molecule has 0 saturated carbocycles. The van der Waals surface area contributed by atoms with Crippen LogP contribution in [0.1, 0.15) is 21.5 Å². The zero-order valence-electron chi connectivity index (χ0n) is 14.8. The summed E-state index contributed by atoms with van der Waals surface area (Å²) in [6.07, 6.45) is -9.32. The molecule has 0 aliphatic carbocycles. The highest BCUT2D eigenvalue weighted by Gasteiger charge is 2.33. The molecule has 0 radical (unpaired) electrons. The van der Waals surface area contributed by atoms with Crippen LogP contribution in [0.15, 0.2) is 60.7 Å². The summed E-state index contributed by atoms with van der Waals surface area (Å²) in [5.74, 6) is -1.16. The number of hydrogen-bond donors (Lipinski definition) is 1. The number of halogens is 6. The summed E-state index contributed by atoms with van der Waals surface area (Å²) in [7, 11) is 0. The van der Waals surface area contributed by atoms with Gasteiger partial charge in [0.25, 0.3) is 0 Å². The largest absolute Gasteiger partial charge is 0.478 e. The normalized spacial score (nSPS) is 12.6. The van der Waals surface area contributed by atoms with Gasteiger partial charge < -0.3 is 9.67 Å². The number of nitrogens with zero attached hydrogens (tertiary/aromatic N) is 1. The number of carbonyl (C=O) groups is 1. The smallest absolute Gasteiger partial charge is 0.416 e. The topological polar surface area (TPSA) is 42.2 Å². The van der Waals surface area contributed by atoms with Crippen molar-refractivity contribution in [1.82, 2.24) is 4.57 Å². The molecule has 0 amide bonds. The Balaban J connectivity index is 2.06. The molecule has 0 aliphatic rings. The molecule has 4 rings (SSSR count). The molecular weight excluding hydrogens is 412 g/mol. The lowest BCUT2D eigenvalue weighted by molar-refractivity contribution is -0.138. The first-order valence-electron chi connectivity index (χ1n) is 8.53. The number of carboxylic acid groups (broad SMARTS) is 1. The summed E-state index contributed by atoms with van der Waals surface area (Å²) < 4.78 is 80.6. The van der Waals surface area contributed by atoms with Gasteiger partial charge in [0.1, 0.15) is 0 Å². The van der Waals surface area contributed by atoms with E-state index in [1.165, 1.54) is 41.0 Å². The maximum absolute atomic E-state index is 13.2. The monoisotopic (exact) mass is 423 g/mol. The molecule has 0 bridgehead atoms. The van der Waals surface area contributed by atoms with E-state index in [2.05, 4.69) is 0 Å². The molecule has 1 heterocycles. The van der Waals surface area contributed by atoms with Gasteiger partial charge in [-0.1, -0.05) is 0 Å². The molecule has 0 spiro atoms. The Bertz CT molecular complexity index is 1210. The second-order valence-electron chi connectivity index (χ2n) is 6.65. The van der Waals surface area contributed by atoms with Gasteiger partial charge in [0, 0.05) is 16.5 Å². The van der Waals surface area contributed by atoms with Gasteiger partial charge in [-0.3, -0.25) is 0 Å². The van der Waals surface area contributed by atoms with Crippen LogP contribution >= 0.6 is 0 Å². The molecule has 0 fully saturated rings. The van der Waals surface area contributed by atoms with Crippen molar-refractivity contribution in [2.45, 2.75) is 12.4 Å². The molecule has 3 aromatic carbocycles. The van der Waals surface area contributed by atoms with Crippen LogP contribution in [0.4, 0.5) is 26.3 Å². The van der Waals surface area contributed by atoms with Gasteiger partial charge in [-0.2, -0.15) is 26.3 Å². The van der Waals surface area contributed by atoms with Crippen LogP contribution in [0, 0.1) is 0 Å². The molecule has 0 atom stereocenters. The van der Waals surface area contributed by atoms with E-state index in [0.29, 0.717) is 5.69 Å². The third-order valence-corrected chi connectivity index (χ3v) is 4.79. The minimum Gasteiger partial charge on any atom is -0.478 e. The zero-order valence-corrected chi connectivity index (χ0v) is 14.8. The van der Waals surface area contributed by atoms with Gasteiger partial charge in [0.2, 0.25) is 0 Å². The number of aromatic nitrogens is 1. The molecule has 4 aromatic rings.